The van der Waals surface area contributed by atoms with E-state index in [1.54, 1.807) is 0 Å². The topological polar surface area (TPSA) is 8.17 Å². The van der Waals surface area contributed by atoms with Gasteiger partial charge in [-0.3, -0.25) is 0 Å². The zero-order valence-corrected chi connectivity index (χ0v) is 25.2. The van der Waals surface area contributed by atoms with Crippen molar-refractivity contribution in [2.75, 3.05) is 4.90 Å². The molecule has 0 fully saturated rings. The van der Waals surface area contributed by atoms with E-state index in [0.29, 0.717) is 0 Å². The first-order chi connectivity index (χ1) is 22.8. The van der Waals surface area contributed by atoms with E-state index in [-0.39, 0.29) is 0 Å². The first-order valence-electron chi connectivity index (χ1n) is 15.8. The molecule has 2 nitrogen and oxygen atoms in total. The molecule has 0 amide bonds. The second-order valence-electron chi connectivity index (χ2n) is 11.8. The van der Waals surface area contributed by atoms with E-state index in [1.165, 1.54) is 54.5 Å². The zero-order chi connectivity index (χ0) is 30.5. The molecule has 2 heteroatoms. The fourth-order valence-electron chi connectivity index (χ4n) is 7.05. The molecule has 0 bridgehead atoms. The van der Waals surface area contributed by atoms with Gasteiger partial charge in [0.25, 0.3) is 0 Å². The highest BCUT2D eigenvalue weighted by Gasteiger charge is 2.20. The maximum absolute atomic E-state index is 2.46. The van der Waals surface area contributed by atoms with Crippen molar-refractivity contribution in [1.82, 2.24) is 4.57 Å². The molecule has 9 aromatic rings. The van der Waals surface area contributed by atoms with Gasteiger partial charge in [0.15, 0.2) is 0 Å². The predicted octanol–water partition coefficient (Wildman–Crippen LogP) is 12.2. The van der Waals surface area contributed by atoms with E-state index in [9.17, 15) is 0 Å². The van der Waals surface area contributed by atoms with Crippen molar-refractivity contribution in [3.05, 3.63) is 182 Å². The molecule has 0 radical (unpaired) electrons. The van der Waals surface area contributed by atoms with E-state index >= 15 is 0 Å². The molecule has 46 heavy (non-hydrogen) atoms. The number of para-hydroxylation sites is 3. The van der Waals surface area contributed by atoms with Gasteiger partial charge in [-0.2, -0.15) is 0 Å². The molecular formula is C44H30N2. The van der Waals surface area contributed by atoms with Crippen molar-refractivity contribution in [2.24, 2.45) is 0 Å². The summed E-state index contributed by atoms with van der Waals surface area (Å²) in [7, 11) is 0. The highest BCUT2D eigenvalue weighted by atomic mass is 15.1. The van der Waals surface area contributed by atoms with Crippen LogP contribution in [0.15, 0.2) is 182 Å². The molecule has 0 aliphatic heterocycles. The number of aromatic nitrogens is 1. The lowest BCUT2D eigenvalue weighted by molar-refractivity contribution is 1.18. The Balaban J connectivity index is 1.31. The molecule has 216 valence electrons. The van der Waals surface area contributed by atoms with Crippen LogP contribution in [0.25, 0.3) is 60.2 Å². The Kier molecular flexibility index (Phi) is 6.17. The molecule has 0 atom stereocenters. The van der Waals surface area contributed by atoms with Crippen LogP contribution in [-0.4, -0.2) is 4.57 Å². The van der Waals surface area contributed by atoms with Crippen LogP contribution >= 0.6 is 0 Å². The molecule has 0 saturated heterocycles. The lowest BCUT2D eigenvalue weighted by atomic mass is 9.93. The summed E-state index contributed by atoms with van der Waals surface area (Å²) in [5.41, 5.74) is 9.41. The average Bonchev–Trinajstić information content (AvgIpc) is 3.45. The third-order valence-corrected chi connectivity index (χ3v) is 9.11. The summed E-state index contributed by atoms with van der Waals surface area (Å²) >= 11 is 0. The molecule has 0 saturated carbocycles. The average molecular weight is 587 g/mol. The van der Waals surface area contributed by atoms with Gasteiger partial charge < -0.3 is 9.47 Å². The van der Waals surface area contributed by atoms with Crippen molar-refractivity contribution in [3.8, 4) is 16.8 Å². The molecular weight excluding hydrogens is 556 g/mol. The first-order valence-corrected chi connectivity index (χ1v) is 15.8. The number of nitrogens with zero attached hydrogens (tertiary/aromatic N) is 2. The minimum atomic E-state index is 1.11. The summed E-state index contributed by atoms with van der Waals surface area (Å²) in [6.07, 6.45) is 0. The summed E-state index contributed by atoms with van der Waals surface area (Å²) in [4.78, 5) is 2.31. The van der Waals surface area contributed by atoms with E-state index in [0.717, 1.165) is 22.7 Å². The molecule has 0 aliphatic carbocycles. The van der Waals surface area contributed by atoms with Crippen LogP contribution in [0.3, 0.4) is 0 Å². The smallest absolute Gasteiger partial charge is 0.0625 e. The number of rotatable bonds is 5. The lowest BCUT2D eigenvalue weighted by Crippen LogP contribution is -2.09. The van der Waals surface area contributed by atoms with Gasteiger partial charge in [-0.1, -0.05) is 115 Å². The molecule has 0 N–H and O–H groups in total. The van der Waals surface area contributed by atoms with Gasteiger partial charge in [0.2, 0.25) is 0 Å². The quantitative estimate of drug-likeness (QED) is 0.195. The van der Waals surface area contributed by atoms with Crippen molar-refractivity contribution in [3.63, 3.8) is 0 Å². The van der Waals surface area contributed by atoms with Crippen LogP contribution in [0.2, 0.25) is 0 Å². The maximum Gasteiger partial charge on any atom is 0.0625 e. The molecule has 1 aromatic heterocycles. The van der Waals surface area contributed by atoms with Gasteiger partial charge in [-0.15, -0.1) is 0 Å². The van der Waals surface area contributed by atoms with E-state index in [1.807, 2.05) is 0 Å². The van der Waals surface area contributed by atoms with Crippen LogP contribution in [0.5, 0.6) is 0 Å². The number of anilines is 3. The Morgan fingerprint density at radius 1 is 0.370 bits per heavy atom. The maximum atomic E-state index is 2.46. The van der Waals surface area contributed by atoms with Crippen LogP contribution in [0, 0.1) is 0 Å². The fraction of sp³-hybridized carbons (Fsp3) is 0. The monoisotopic (exact) mass is 586 g/mol. The van der Waals surface area contributed by atoms with Crippen molar-refractivity contribution < 1.29 is 0 Å². The Labute approximate surface area is 268 Å². The summed E-state index contributed by atoms with van der Waals surface area (Å²) in [6.45, 7) is 0. The Hall–Kier alpha value is -6.12. The van der Waals surface area contributed by atoms with Crippen LogP contribution in [0.4, 0.5) is 17.1 Å². The number of hydrogen-bond acceptors (Lipinski definition) is 1. The summed E-state index contributed by atoms with van der Waals surface area (Å²) in [6, 6.07) is 65.6. The minimum Gasteiger partial charge on any atom is -0.311 e. The third kappa shape index (κ3) is 4.27. The lowest BCUT2D eigenvalue weighted by Gasteiger charge is -2.25. The summed E-state index contributed by atoms with van der Waals surface area (Å²) < 4.78 is 2.46. The summed E-state index contributed by atoms with van der Waals surface area (Å²) in [5.74, 6) is 0. The molecule has 0 unspecified atom stereocenters. The Morgan fingerprint density at radius 2 is 0.935 bits per heavy atom. The largest absolute Gasteiger partial charge is 0.311 e. The number of hydrogen-bond donors (Lipinski definition) is 0. The number of fused-ring (bicyclic) bond motifs is 5. The van der Waals surface area contributed by atoms with Crippen LogP contribution in [0.1, 0.15) is 0 Å². The van der Waals surface area contributed by atoms with Gasteiger partial charge >= 0.3 is 0 Å². The molecule has 1 heterocycles. The van der Waals surface area contributed by atoms with Crippen molar-refractivity contribution >= 4 is 60.4 Å². The second-order valence-corrected chi connectivity index (χ2v) is 11.8. The van der Waals surface area contributed by atoms with Crippen molar-refractivity contribution in [1.29, 1.82) is 0 Å². The van der Waals surface area contributed by atoms with Gasteiger partial charge in [0.1, 0.15) is 0 Å². The fourth-order valence-corrected chi connectivity index (χ4v) is 7.05. The van der Waals surface area contributed by atoms with Crippen LogP contribution < -0.4 is 4.90 Å². The standard InChI is InChI=1S/C44H30N2/c1-3-16-35(17-4-1)45(36-18-5-2-6-19-36)37-25-27-38(28-26-37)46-42-22-12-11-21-40(42)41-30-33-15-9-10-20-39(33)43(44(41)46)34-24-23-31-13-7-8-14-32(31)29-34/h1-30H. The number of benzene rings is 8. The Morgan fingerprint density at radius 3 is 1.65 bits per heavy atom. The SMILES string of the molecule is c1ccc(N(c2ccccc2)c2ccc(-n3c4ccccc4c4cc5ccccc5c(-c5ccc6ccccc6c5)c43)cc2)cc1. The van der Waals surface area contributed by atoms with Gasteiger partial charge in [-0.25, -0.2) is 0 Å². The second kappa shape index (κ2) is 10.8. The van der Waals surface area contributed by atoms with Gasteiger partial charge in [0, 0.05) is 39.1 Å². The zero-order valence-electron chi connectivity index (χ0n) is 25.2. The van der Waals surface area contributed by atoms with E-state index in [2.05, 4.69) is 191 Å². The summed E-state index contributed by atoms with van der Waals surface area (Å²) in [5, 5.41) is 7.51. The minimum absolute atomic E-state index is 1.11. The Bertz CT molecular complexity index is 2470. The normalized spacial score (nSPS) is 11.5. The van der Waals surface area contributed by atoms with Gasteiger partial charge in [0.05, 0.1) is 11.0 Å². The van der Waals surface area contributed by atoms with Crippen molar-refractivity contribution in [2.45, 2.75) is 0 Å². The van der Waals surface area contributed by atoms with Gasteiger partial charge in [-0.05, 0) is 93.8 Å². The first kappa shape index (κ1) is 26.3. The molecule has 9 rings (SSSR count). The van der Waals surface area contributed by atoms with E-state index in [4.69, 9.17) is 0 Å². The molecule has 0 spiro atoms. The predicted molar refractivity (Wildman–Crippen MR) is 196 cm³/mol. The van der Waals surface area contributed by atoms with Crippen LogP contribution in [-0.2, 0) is 0 Å². The third-order valence-electron chi connectivity index (χ3n) is 9.11. The molecule has 0 aliphatic rings. The molecule has 8 aromatic carbocycles. The highest BCUT2D eigenvalue weighted by Crippen LogP contribution is 2.43. The highest BCUT2D eigenvalue weighted by molar-refractivity contribution is 6.21. The van der Waals surface area contributed by atoms with E-state index < -0.39 is 0 Å².